The highest BCUT2D eigenvalue weighted by Gasteiger charge is 2.03. The van der Waals surface area contributed by atoms with Gasteiger partial charge in [0, 0.05) is 12.1 Å². The molecule has 0 amide bonds. The Bertz CT molecular complexity index is 127. The van der Waals surface area contributed by atoms with Crippen LogP contribution in [0.25, 0.3) is 0 Å². The number of allylic oxidation sites excluding steroid dienone is 2. The molecule has 0 bridgehead atoms. The Balaban J connectivity index is 2.40. The van der Waals surface area contributed by atoms with Gasteiger partial charge in [0.1, 0.15) is 0 Å². The van der Waals surface area contributed by atoms with Gasteiger partial charge in [0.2, 0.25) is 0 Å². The maximum atomic E-state index is 4.99. The summed E-state index contributed by atoms with van der Waals surface area (Å²) in [5.41, 5.74) is 0. The summed E-state index contributed by atoms with van der Waals surface area (Å²) in [6, 6.07) is 0. The molecule has 0 radical (unpaired) electrons. The number of hydrazone groups is 1. The highest BCUT2D eigenvalue weighted by Crippen LogP contribution is 2.14. The Labute approximate surface area is 55.4 Å². The van der Waals surface area contributed by atoms with Gasteiger partial charge >= 0.3 is 0 Å². The van der Waals surface area contributed by atoms with E-state index in [2.05, 4.69) is 17.3 Å². The number of hydrogen-bond acceptors (Lipinski definition) is 2. The SMILES string of the molecule is NN=CC1C=CCCC1. The van der Waals surface area contributed by atoms with Crippen LogP contribution >= 0.6 is 0 Å². The largest absolute Gasteiger partial charge is 0.324 e. The third-order valence-electron chi connectivity index (χ3n) is 1.57. The van der Waals surface area contributed by atoms with Gasteiger partial charge in [-0.1, -0.05) is 12.2 Å². The lowest BCUT2D eigenvalue weighted by atomic mass is 9.97. The van der Waals surface area contributed by atoms with E-state index in [4.69, 9.17) is 5.84 Å². The van der Waals surface area contributed by atoms with Crippen molar-refractivity contribution < 1.29 is 0 Å². The second kappa shape index (κ2) is 3.28. The lowest BCUT2D eigenvalue weighted by Gasteiger charge is -2.09. The Morgan fingerprint density at radius 2 is 2.56 bits per heavy atom. The smallest absolute Gasteiger partial charge is 0.0308 e. The quantitative estimate of drug-likeness (QED) is 0.243. The number of nitrogens with two attached hydrogens (primary N) is 1. The van der Waals surface area contributed by atoms with Crippen LogP contribution in [0.15, 0.2) is 17.3 Å². The van der Waals surface area contributed by atoms with Crippen LogP contribution in [-0.4, -0.2) is 6.21 Å². The van der Waals surface area contributed by atoms with E-state index in [-0.39, 0.29) is 0 Å². The van der Waals surface area contributed by atoms with Crippen molar-refractivity contribution in [3.63, 3.8) is 0 Å². The van der Waals surface area contributed by atoms with E-state index in [0.717, 1.165) is 0 Å². The minimum Gasteiger partial charge on any atom is -0.324 e. The van der Waals surface area contributed by atoms with Crippen LogP contribution in [0.4, 0.5) is 0 Å². The fourth-order valence-electron chi connectivity index (χ4n) is 1.07. The van der Waals surface area contributed by atoms with Crippen molar-refractivity contribution in [2.45, 2.75) is 19.3 Å². The van der Waals surface area contributed by atoms with Crippen LogP contribution in [0, 0.1) is 5.92 Å². The Kier molecular flexibility index (Phi) is 2.31. The standard InChI is InChI=1S/C7H12N2/c8-9-6-7-4-2-1-3-5-7/h2,4,6-7H,1,3,5,8H2. The predicted octanol–water partition coefficient (Wildman–Crippen LogP) is 1.29. The third-order valence-corrected chi connectivity index (χ3v) is 1.57. The van der Waals surface area contributed by atoms with Crippen molar-refractivity contribution in [1.82, 2.24) is 0 Å². The average Bonchev–Trinajstić information content (AvgIpc) is 1.91. The van der Waals surface area contributed by atoms with Gasteiger partial charge in [-0.25, -0.2) is 0 Å². The van der Waals surface area contributed by atoms with Gasteiger partial charge in [-0.2, -0.15) is 5.10 Å². The maximum Gasteiger partial charge on any atom is 0.0308 e. The first-order valence-electron chi connectivity index (χ1n) is 3.33. The van der Waals surface area contributed by atoms with Gasteiger partial charge in [-0.15, -0.1) is 0 Å². The molecule has 0 heterocycles. The fraction of sp³-hybridized carbons (Fsp3) is 0.571. The second-order valence-electron chi connectivity index (χ2n) is 2.32. The Hall–Kier alpha value is -0.790. The topological polar surface area (TPSA) is 38.4 Å². The first kappa shape index (κ1) is 6.33. The minimum absolute atomic E-state index is 0.503. The fourth-order valence-corrected chi connectivity index (χ4v) is 1.07. The molecule has 2 N–H and O–H groups in total. The molecule has 0 aromatic carbocycles. The van der Waals surface area contributed by atoms with Gasteiger partial charge in [-0.3, -0.25) is 0 Å². The Morgan fingerprint density at radius 3 is 3.11 bits per heavy atom. The molecule has 50 valence electrons. The number of nitrogens with zero attached hydrogens (tertiary/aromatic N) is 1. The van der Waals surface area contributed by atoms with Gasteiger partial charge in [0.05, 0.1) is 0 Å². The molecule has 2 nitrogen and oxygen atoms in total. The second-order valence-corrected chi connectivity index (χ2v) is 2.32. The molecule has 1 aliphatic rings. The van der Waals surface area contributed by atoms with Crippen molar-refractivity contribution >= 4 is 6.21 Å². The molecule has 0 saturated carbocycles. The molecule has 1 atom stereocenters. The molecule has 2 heteroatoms. The van der Waals surface area contributed by atoms with Gasteiger partial charge in [-0.05, 0) is 19.3 Å². The molecule has 0 aromatic rings. The van der Waals surface area contributed by atoms with Crippen molar-refractivity contribution in [2.75, 3.05) is 0 Å². The summed E-state index contributed by atoms with van der Waals surface area (Å²) in [7, 11) is 0. The molecular weight excluding hydrogens is 112 g/mol. The first-order valence-corrected chi connectivity index (χ1v) is 3.33. The third kappa shape index (κ3) is 1.88. The predicted molar refractivity (Wildman–Crippen MR) is 39.2 cm³/mol. The lowest BCUT2D eigenvalue weighted by Crippen LogP contribution is -2.02. The Morgan fingerprint density at radius 1 is 1.67 bits per heavy atom. The summed E-state index contributed by atoms with van der Waals surface area (Å²) in [5.74, 6) is 5.50. The molecule has 1 unspecified atom stereocenters. The van der Waals surface area contributed by atoms with Crippen molar-refractivity contribution in [3.8, 4) is 0 Å². The normalized spacial score (nSPS) is 27.3. The van der Waals surface area contributed by atoms with Crippen LogP contribution in [0.2, 0.25) is 0 Å². The molecule has 0 saturated heterocycles. The summed E-state index contributed by atoms with van der Waals surface area (Å²) in [6.45, 7) is 0. The van der Waals surface area contributed by atoms with Crippen molar-refractivity contribution in [3.05, 3.63) is 12.2 Å². The minimum atomic E-state index is 0.503. The van der Waals surface area contributed by atoms with Crippen LogP contribution in [0.5, 0.6) is 0 Å². The van der Waals surface area contributed by atoms with Crippen LogP contribution in [0.1, 0.15) is 19.3 Å². The van der Waals surface area contributed by atoms with Crippen molar-refractivity contribution in [2.24, 2.45) is 16.9 Å². The molecular formula is C7H12N2. The van der Waals surface area contributed by atoms with Gasteiger partial charge < -0.3 is 5.84 Å². The van der Waals surface area contributed by atoms with Gasteiger partial charge in [0.25, 0.3) is 0 Å². The summed E-state index contributed by atoms with van der Waals surface area (Å²) < 4.78 is 0. The highest BCUT2D eigenvalue weighted by molar-refractivity contribution is 5.62. The summed E-state index contributed by atoms with van der Waals surface area (Å²) >= 11 is 0. The first-order chi connectivity index (χ1) is 4.43. The van der Waals surface area contributed by atoms with E-state index >= 15 is 0 Å². The zero-order chi connectivity index (χ0) is 6.53. The van der Waals surface area contributed by atoms with Crippen LogP contribution < -0.4 is 5.84 Å². The molecule has 1 rings (SSSR count). The molecule has 1 aliphatic carbocycles. The zero-order valence-corrected chi connectivity index (χ0v) is 5.46. The van der Waals surface area contributed by atoms with E-state index < -0.39 is 0 Å². The van der Waals surface area contributed by atoms with E-state index in [1.807, 2.05) is 0 Å². The molecule has 0 aliphatic heterocycles. The summed E-state index contributed by atoms with van der Waals surface area (Å²) in [4.78, 5) is 0. The molecule has 0 fully saturated rings. The monoisotopic (exact) mass is 124 g/mol. The number of rotatable bonds is 1. The number of hydrogen-bond donors (Lipinski definition) is 1. The van der Waals surface area contributed by atoms with Crippen molar-refractivity contribution in [1.29, 1.82) is 0 Å². The van der Waals surface area contributed by atoms with Crippen LogP contribution in [0.3, 0.4) is 0 Å². The lowest BCUT2D eigenvalue weighted by molar-refractivity contribution is 0.662. The van der Waals surface area contributed by atoms with E-state index in [1.165, 1.54) is 19.3 Å². The molecule has 0 aromatic heterocycles. The summed E-state index contributed by atoms with van der Waals surface area (Å²) in [6.07, 6.45) is 9.85. The van der Waals surface area contributed by atoms with E-state index in [9.17, 15) is 0 Å². The van der Waals surface area contributed by atoms with Gasteiger partial charge in [0.15, 0.2) is 0 Å². The molecule has 0 spiro atoms. The molecule has 9 heavy (non-hydrogen) atoms. The van der Waals surface area contributed by atoms with E-state index in [0.29, 0.717) is 5.92 Å². The summed E-state index contributed by atoms with van der Waals surface area (Å²) in [5, 5.41) is 3.48. The van der Waals surface area contributed by atoms with E-state index in [1.54, 1.807) is 6.21 Å². The highest BCUT2D eigenvalue weighted by atomic mass is 15.1. The average molecular weight is 124 g/mol. The maximum absolute atomic E-state index is 4.99. The van der Waals surface area contributed by atoms with Crippen LogP contribution in [-0.2, 0) is 0 Å². The zero-order valence-electron chi connectivity index (χ0n) is 5.46.